The van der Waals surface area contributed by atoms with E-state index in [2.05, 4.69) is 11.8 Å². The van der Waals surface area contributed by atoms with Crippen LogP contribution in [0.4, 0.5) is 0 Å². The van der Waals surface area contributed by atoms with Crippen molar-refractivity contribution in [3.05, 3.63) is 42.0 Å². The van der Waals surface area contributed by atoms with Crippen LogP contribution in [0.25, 0.3) is 10.8 Å². The molecule has 0 fully saturated rings. The first kappa shape index (κ1) is 13.5. The van der Waals surface area contributed by atoms with Crippen molar-refractivity contribution >= 4 is 10.8 Å². The van der Waals surface area contributed by atoms with Crippen LogP contribution in [0, 0.1) is 11.8 Å². The molecule has 0 heterocycles. The predicted octanol–water partition coefficient (Wildman–Crippen LogP) is 3.36. The summed E-state index contributed by atoms with van der Waals surface area (Å²) in [7, 11) is 1.66. The molecule has 0 aliphatic heterocycles. The van der Waals surface area contributed by atoms with Crippen molar-refractivity contribution < 1.29 is 9.84 Å². The minimum Gasteiger partial charge on any atom is -0.497 e. The fourth-order valence-electron chi connectivity index (χ4n) is 1.72. The zero-order valence-electron chi connectivity index (χ0n) is 11.5. The summed E-state index contributed by atoms with van der Waals surface area (Å²) >= 11 is 0. The molecule has 0 bridgehead atoms. The number of fused-ring (bicyclic) bond motifs is 1. The minimum absolute atomic E-state index is 0.616. The highest BCUT2D eigenvalue weighted by atomic mass is 16.5. The molecule has 0 radical (unpaired) electrons. The molecule has 0 saturated heterocycles. The Hall–Kier alpha value is -1.98. The van der Waals surface area contributed by atoms with Crippen LogP contribution in [0.1, 0.15) is 25.8 Å². The van der Waals surface area contributed by atoms with E-state index in [1.54, 1.807) is 14.0 Å². The average molecular weight is 254 g/mol. The van der Waals surface area contributed by atoms with Gasteiger partial charge in [-0.1, -0.05) is 30.9 Å². The molecule has 0 aliphatic carbocycles. The number of methoxy groups -OCH3 is 1. The van der Waals surface area contributed by atoms with Crippen LogP contribution in [-0.2, 0) is 0 Å². The Morgan fingerprint density at radius 1 is 1.16 bits per heavy atom. The largest absolute Gasteiger partial charge is 0.497 e. The average Bonchev–Trinajstić information content (AvgIpc) is 2.44. The Morgan fingerprint density at radius 2 is 1.84 bits per heavy atom. The van der Waals surface area contributed by atoms with E-state index >= 15 is 0 Å². The Bertz CT molecular complexity index is 645. The zero-order chi connectivity index (χ0) is 13.9. The molecule has 1 N–H and O–H groups in total. The minimum atomic E-state index is -0.922. The number of aliphatic hydroxyl groups is 1. The van der Waals surface area contributed by atoms with Gasteiger partial charge in [0.1, 0.15) is 11.4 Å². The van der Waals surface area contributed by atoms with E-state index < -0.39 is 5.60 Å². The summed E-state index contributed by atoms with van der Waals surface area (Å²) in [6.45, 7) is 3.65. The lowest BCUT2D eigenvalue weighted by Crippen LogP contribution is -2.19. The Labute approximate surface area is 114 Å². The van der Waals surface area contributed by atoms with Gasteiger partial charge in [0.05, 0.1) is 7.11 Å². The lowest BCUT2D eigenvalue weighted by Gasteiger charge is -2.11. The SMILES string of the molecule is CCC(C)(O)C#Cc1ccc2cc(OC)ccc2c1. The number of hydrogen-bond donors (Lipinski definition) is 1. The van der Waals surface area contributed by atoms with Crippen molar-refractivity contribution in [2.45, 2.75) is 25.9 Å². The molecule has 1 atom stereocenters. The highest BCUT2D eigenvalue weighted by Crippen LogP contribution is 2.21. The second-order valence-corrected chi connectivity index (χ2v) is 4.81. The number of benzene rings is 2. The van der Waals surface area contributed by atoms with Crippen molar-refractivity contribution in [1.29, 1.82) is 0 Å². The second kappa shape index (κ2) is 5.34. The van der Waals surface area contributed by atoms with E-state index in [1.807, 2.05) is 43.3 Å². The Morgan fingerprint density at radius 3 is 2.53 bits per heavy atom. The fourth-order valence-corrected chi connectivity index (χ4v) is 1.72. The van der Waals surface area contributed by atoms with Gasteiger partial charge in [-0.25, -0.2) is 0 Å². The molecule has 2 rings (SSSR count). The highest BCUT2D eigenvalue weighted by Gasteiger charge is 2.12. The van der Waals surface area contributed by atoms with E-state index in [4.69, 9.17) is 4.74 Å². The maximum atomic E-state index is 9.88. The van der Waals surface area contributed by atoms with E-state index in [0.717, 1.165) is 22.1 Å². The predicted molar refractivity (Wildman–Crippen MR) is 78.3 cm³/mol. The highest BCUT2D eigenvalue weighted by molar-refractivity contribution is 5.85. The molecule has 2 aromatic rings. The molecule has 0 saturated carbocycles. The van der Waals surface area contributed by atoms with Crippen molar-refractivity contribution in [2.24, 2.45) is 0 Å². The van der Waals surface area contributed by atoms with Crippen molar-refractivity contribution in [3.8, 4) is 17.6 Å². The summed E-state index contributed by atoms with van der Waals surface area (Å²) in [6.07, 6.45) is 0.616. The lowest BCUT2D eigenvalue weighted by atomic mass is 10.0. The molecule has 98 valence electrons. The Kier molecular flexibility index (Phi) is 3.78. The topological polar surface area (TPSA) is 29.5 Å². The van der Waals surface area contributed by atoms with Crippen LogP contribution < -0.4 is 4.74 Å². The van der Waals surface area contributed by atoms with Gasteiger partial charge < -0.3 is 9.84 Å². The molecule has 2 nitrogen and oxygen atoms in total. The summed E-state index contributed by atoms with van der Waals surface area (Å²) in [6, 6.07) is 11.9. The molecule has 0 spiro atoms. The standard InChI is InChI=1S/C17H18O2/c1-4-17(2,18)10-9-13-5-6-15-12-16(19-3)8-7-14(15)11-13/h5-8,11-12,18H,4H2,1-3H3. The molecule has 0 aromatic heterocycles. The first-order chi connectivity index (χ1) is 9.04. The number of rotatable bonds is 2. The van der Waals surface area contributed by atoms with Crippen LogP contribution in [0.3, 0.4) is 0 Å². The van der Waals surface area contributed by atoms with Gasteiger partial charge >= 0.3 is 0 Å². The molecule has 1 unspecified atom stereocenters. The van der Waals surface area contributed by atoms with Crippen LogP contribution in [0.2, 0.25) is 0 Å². The van der Waals surface area contributed by atoms with Crippen molar-refractivity contribution in [2.75, 3.05) is 7.11 Å². The van der Waals surface area contributed by atoms with Gasteiger partial charge in [-0.2, -0.15) is 0 Å². The van der Waals surface area contributed by atoms with Gasteiger partial charge in [0.15, 0.2) is 0 Å². The van der Waals surface area contributed by atoms with Gasteiger partial charge in [0, 0.05) is 5.56 Å². The van der Waals surface area contributed by atoms with E-state index in [-0.39, 0.29) is 0 Å². The van der Waals surface area contributed by atoms with E-state index in [1.165, 1.54) is 0 Å². The number of hydrogen-bond acceptors (Lipinski definition) is 2. The van der Waals surface area contributed by atoms with E-state index in [9.17, 15) is 5.11 Å². The fraction of sp³-hybridized carbons (Fsp3) is 0.294. The zero-order valence-corrected chi connectivity index (χ0v) is 11.5. The number of ether oxygens (including phenoxy) is 1. The quantitative estimate of drug-likeness (QED) is 0.833. The van der Waals surface area contributed by atoms with Gasteiger partial charge in [-0.05, 0) is 48.4 Å². The first-order valence-corrected chi connectivity index (χ1v) is 6.37. The molecule has 19 heavy (non-hydrogen) atoms. The monoisotopic (exact) mass is 254 g/mol. The molecular formula is C17H18O2. The third-order valence-corrected chi connectivity index (χ3v) is 3.21. The van der Waals surface area contributed by atoms with Crippen molar-refractivity contribution in [1.82, 2.24) is 0 Å². The van der Waals surface area contributed by atoms with Crippen molar-refractivity contribution in [3.63, 3.8) is 0 Å². The third kappa shape index (κ3) is 3.27. The first-order valence-electron chi connectivity index (χ1n) is 6.37. The van der Waals surface area contributed by atoms with Gasteiger partial charge in [-0.15, -0.1) is 0 Å². The van der Waals surface area contributed by atoms with E-state index in [0.29, 0.717) is 6.42 Å². The molecular weight excluding hydrogens is 236 g/mol. The summed E-state index contributed by atoms with van der Waals surface area (Å²) in [4.78, 5) is 0. The smallest absolute Gasteiger partial charge is 0.122 e. The second-order valence-electron chi connectivity index (χ2n) is 4.81. The maximum absolute atomic E-state index is 9.88. The summed E-state index contributed by atoms with van der Waals surface area (Å²) in [5.41, 5.74) is -0.0131. The molecule has 2 aromatic carbocycles. The van der Waals surface area contributed by atoms with Crippen LogP contribution in [-0.4, -0.2) is 17.8 Å². The van der Waals surface area contributed by atoms with Crippen LogP contribution >= 0.6 is 0 Å². The molecule has 0 aliphatic rings. The van der Waals surface area contributed by atoms with Gasteiger partial charge in [0.2, 0.25) is 0 Å². The lowest BCUT2D eigenvalue weighted by molar-refractivity contribution is 0.118. The maximum Gasteiger partial charge on any atom is 0.122 e. The summed E-state index contributed by atoms with van der Waals surface area (Å²) in [5, 5.41) is 12.1. The third-order valence-electron chi connectivity index (χ3n) is 3.21. The summed E-state index contributed by atoms with van der Waals surface area (Å²) < 4.78 is 5.20. The summed E-state index contributed by atoms with van der Waals surface area (Å²) in [5.74, 6) is 6.77. The Balaban J connectivity index is 2.37. The normalized spacial score (nSPS) is 13.5. The molecule has 0 amide bonds. The van der Waals surface area contributed by atoms with Gasteiger partial charge in [-0.3, -0.25) is 0 Å². The van der Waals surface area contributed by atoms with Crippen LogP contribution in [0.5, 0.6) is 5.75 Å². The molecule has 2 heteroatoms. The van der Waals surface area contributed by atoms with Crippen LogP contribution in [0.15, 0.2) is 36.4 Å². The van der Waals surface area contributed by atoms with Gasteiger partial charge in [0.25, 0.3) is 0 Å².